The van der Waals surface area contributed by atoms with Crippen LogP contribution in [-0.2, 0) is 16.6 Å². The number of sulfonamides is 1. The van der Waals surface area contributed by atoms with E-state index in [1.54, 1.807) is 6.20 Å². The highest BCUT2D eigenvalue weighted by atomic mass is 32.2. The fourth-order valence-electron chi connectivity index (χ4n) is 1.53. The Hall–Kier alpha value is -1.77. The highest BCUT2D eigenvalue weighted by Gasteiger charge is 2.16. The molecule has 8 heteroatoms. The van der Waals surface area contributed by atoms with Gasteiger partial charge < -0.3 is 5.11 Å². The van der Waals surface area contributed by atoms with Crippen LogP contribution in [0.1, 0.15) is 20.2 Å². The Bertz CT molecular complexity index is 737. The van der Waals surface area contributed by atoms with E-state index >= 15 is 0 Å². The summed E-state index contributed by atoms with van der Waals surface area (Å²) in [6, 6.07) is 5.22. The maximum atomic E-state index is 12.1. The molecule has 0 saturated carbocycles. The van der Waals surface area contributed by atoms with Gasteiger partial charge in [0.1, 0.15) is 0 Å². The van der Waals surface area contributed by atoms with E-state index in [1.807, 2.05) is 6.92 Å². The molecule has 0 radical (unpaired) electrons. The average molecular weight is 312 g/mol. The number of thiazole rings is 1. The van der Waals surface area contributed by atoms with Crippen molar-refractivity contribution in [2.75, 3.05) is 0 Å². The molecule has 0 spiro atoms. The number of nitrogens with one attached hydrogen (secondary N) is 1. The van der Waals surface area contributed by atoms with Crippen molar-refractivity contribution in [1.82, 2.24) is 9.71 Å². The van der Waals surface area contributed by atoms with Crippen LogP contribution >= 0.6 is 11.3 Å². The zero-order chi connectivity index (χ0) is 14.8. The fraction of sp³-hybridized carbons (Fsp3) is 0.167. The van der Waals surface area contributed by atoms with Crippen molar-refractivity contribution in [1.29, 1.82) is 0 Å². The van der Waals surface area contributed by atoms with Gasteiger partial charge in [0.2, 0.25) is 10.0 Å². The first-order chi connectivity index (χ1) is 9.38. The molecule has 0 atom stereocenters. The van der Waals surface area contributed by atoms with Crippen LogP contribution < -0.4 is 4.72 Å². The van der Waals surface area contributed by atoms with Gasteiger partial charge in [-0.25, -0.2) is 22.9 Å². The van der Waals surface area contributed by atoms with Crippen molar-refractivity contribution in [3.05, 3.63) is 45.9 Å². The van der Waals surface area contributed by atoms with Gasteiger partial charge in [-0.15, -0.1) is 11.3 Å². The smallest absolute Gasteiger partial charge is 0.335 e. The number of carbonyl (C=O) groups is 1. The highest BCUT2D eigenvalue weighted by molar-refractivity contribution is 7.89. The van der Waals surface area contributed by atoms with E-state index in [0.717, 1.165) is 16.0 Å². The molecule has 0 fully saturated rings. The van der Waals surface area contributed by atoms with Crippen LogP contribution in [0.25, 0.3) is 0 Å². The molecule has 106 valence electrons. The molecular weight excluding hydrogens is 300 g/mol. The minimum absolute atomic E-state index is 0.0680. The predicted molar refractivity (Wildman–Crippen MR) is 74.3 cm³/mol. The number of carboxylic acid groups (broad SMARTS) is 1. The topological polar surface area (TPSA) is 96.4 Å². The summed E-state index contributed by atoms with van der Waals surface area (Å²) in [7, 11) is -3.74. The predicted octanol–water partition coefficient (Wildman–Crippen LogP) is 1.63. The monoisotopic (exact) mass is 312 g/mol. The first-order valence-electron chi connectivity index (χ1n) is 5.63. The number of aryl methyl sites for hydroxylation is 1. The minimum Gasteiger partial charge on any atom is -0.478 e. The Labute approximate surface area is 120 Å². The summed E-state index contributed by atoms with van der Waals surface area (Å²) in [6.07, 6.45) is 1.61. The Morgan fingerprint density at radius 1 is 1.45 bits per heavy atom. The normalized spacial score (nSPS) is 11.4. The molecule has 0 amide bonds. The molecule has 1 aromatic carbocycles. The Kier molecular flexibility index (Phi) is 4.17. The standard InChI is InChI=1S/C12H12N2O4S2/c1-8-13-6-10(19-8)7-14-20(17,18)11-4-2-3-9(5-11)12(15)16/h2-6,14H,7H2,1H3,(H,15,16). The van der Waals surface area contributed by atoms with Crippen LogP contribution in [-0.4, -0.2) is 24.5 Å². The quantitative estimate of drug-likeness (QED) is 0.874. The molecule has 0 bridgehead atoms. The van der Waals surface area contributed by atoms with Gasteiger partial charge in [-0.05, 0) is 25.1 Å². The molecule has 2 N–H and O–H groups in total. The van der Waals surface area contributed by atoms with E-state index in [4.69, 9.17) is 5.11 Å². The third kappa shape index (κ3) is 3.41. The van der Waals surface area contributed by atoms with E-state index in [-0.39, 0.29) is 17.0 Å². The SMILES string of the molecule is Cc1ncc(CNS(=O)(=O)c2cccc(C(=O)O)c2)s1. The maximum absolute atomic E-state index is 12.1. The van der Waals surface area contributed by atoms with Crippen LogP contribution in [0.5, 0.6) is 0 Å². The molecule has 2 rings (SSSR count). The zero-order valence-corrected chi connectivity index (χ0v) is 12.2. The lowest BCUT2D eigenvalue weighted by Gasteiger charge is -2.06. The fourth-order valence-corrected chi connectivity index (χ4v) is 3.41. The van der Waals surface area contributed by atoms with E-state index in [1.165, 1.54) is 29.5 Å². The van der Waals surface area contributed by atoms with E-state index in [9.17, 15) is 13.2 Å². The zero-order valence-electron chi connectivity index (χ0n) is 10.5. The Morgan fingerprint density at radius 3 is 2.80 bits per heavy atom. The number of aromatic nitrogens is 1. The number of benzene rings is 1. The second kappa shape index (κ2) is 5.70. The van der Waals surface area contributed by atoms with Crippen molar-refractivity contribution in [2.24, 2.45) is 0 Å². The number of hydrogen-bond acceptors (Lipinski definition) is 5. The molecule has 0 aliphatic heterocycles. The molecular formula is C12H12N2O4S2. The van der Waals surface area contributed by atoms with Crippen molar-refractivity contribution in [3.8, 4) is 0 Å². The second-order valence-electron chi connectivity index (χ2n) is 4.00. The maximum Gasteiger partial charge on any atom is 0.335 e. The number of hydrogen-bond donors (Lipinski definition) is 2. The van der Waals surface area contributed by atoms with Gasteiger partial charge in [0.15, 0.2) is 0 Å². The lowest BCUT2D eigenvalue weighted by Crippen LogP contribution is -2.23. The summed E-state index contributed by atoms with van der Waals surface area (Å²) in [6.45, 7) is 1.96. The molecule has 0 aliphatic carbocycles. The summed E-state index contributed by atoms with van der Waals surface area (Å²) < 4.78 is 26.6. The van der Waals surface area contributed by atoms with Gasteiger partial charge in [-0.2, -0.15) is 0 Å². The Morgan fingerprint density at radius 2 is 2.20 bits per heavy atom. The third-order valence-corrected chi connectivity index (χ3v) is 4.81. The third-order valence-electron chi connectivity index (χ3n) is 2.50. The van der Waals surface area contributed by atoms with Crippen LogP contribution in [0.15, 0.2) is 35.4 Å². The minimum atomic E-state index is -3.74. The highest BCUT2D eigenvalue weighted by Crippen LogP contribution is 2.15. The summed E-state index contributed by atoms with van der Waals surface area (Å²) in [4.78, 5) is 15.6. The summed E-state index contributed by atoms with van der Waals surface area (Å²) in [5.41, 5.74) is -0.0680. The number of aromatic carboxylic acids is 1. The van der Waals surface area contributed by atoms with Crippen molar-refractivity contribution in [2.45, 2.75) is 18.4 Å². The molecule has 0 saturated heterocycles. The first-order valence-corrected chi connectivity index (χ1v) is 7.93. The Balaban J connectivity index is 2.17. The molecule has 0 unspecified atom stereocenters. The van der Waals surface area contributed by atoms with Crippen molar-refractivity contribution in [3.63, 3.8) is 0 Å². The summed E-state index contributed by atoms with van der Waals surface area (Å²) >= 11 is 1.40. The van der Waals surface area contributed by atoms with Crippen molar-refractivity contribution < 1.29 is 18.3 Å². The first kappa shape index (κ1) is 14.6. The van der Waals surface area contributed by atoms with Gasteiger partial charge >= 0.3 is 5.97 Å². The van der Waals surface area contributed by atoms with Gasteiger partial charge in [-0.1, -0.05) is 6.07 Å². The van der Waals surface area contributed by atoms with Crippen molar-refractivity contribution >= 4 is 27.3 Å². The van der Waals surface area contributed by atoms with Gasteiger partial charge in [0, 0.05) is 17.6 Å². The molecule has 20 heavy (non-hydrogen) atoms. The van der Waals surface area contributed by atoms with Crippen LogP contribution in [0.2, 0.25) is 0 Å². The molecule has 0 aliphatic rings. The second-order valence-corrected chi connectivity index (χ2v) is 7.09. The van der Waals surface area contributed by atoms with E-state index < -0.39 is 16.0 Å². The van der Waals surface area contributed by atoms with Crippen LogP contribution in [0.3, 0.4) is 0 Å². The molecule has 1 aromatic heterocycles. The number of carboxylic acids is 1. The van der Waals surface area contributed by atoms with Gasteiger partial charge in [0.05, 0.1) is 15.5 Å². The van der Waals surface area contributed by atoms with E-state index in [0.29, 0.717) is 0 Å². The van der Waals surface area contributed by atoms with Crippen LogP contribution in [0, 0.1) is 6.92 Å². The van der Waals surface area contributed by atoms with Gasteiger partial charge in [0.25, 0.3) is 0 Å². The van der Waals surface area contributed by atoms with Crippen LogP contribution in [0.4, 0.5) is 0 Å². The number of nitrogens with zero attached hydrogens (tertiary/aromatic N) is 1. The van der Waals surface area contributed by atoms with Gasteiger partial charge in [-0.3, -0.25) is 0 Å². The molecule has 6 nitrogen and oxygen atoms in total. The summed E-state index contributed by atoms with van der Waals surface area (Å²) in [5, 5.41) is 9.72. The average Bonchev–Trinajstić information content (AvgIpc) is 2.82. The summed E-state index contributed by atoms with van der Waals surface area (Å²) in [5.74, 6) is -1.17. The largest absolute Gasteiger partial charge is 0.478 e. The lowest BCUT2D eigenvalue weighted by molar-refractivity contribution is 0.0696. The lowest BCUT2D eigenvalue weighted by atomic mass is 10.2. The number of rotatable bonds is 5. The van der Waals surface area contributed by atoms with E-state index in [2.05, 4.69) is 9.71 Å². The molecule has 1 heterocycles. The molecule has 2 aromatic rings.